The van der Waals surface area contributed by atoms with Gasteiger partial charge in [0, 0.05) is 11.4 Å². The van der Waals surface area contributed by atoms with Gasteiger partial charge >= 0.3 is 5.97 Å². The third kappa shape index (κ3) is 6.31. The number of esters is 1. The van der Waals surface area contributed by atoms with Gasteiger partial charge < -0.3 is 9.30 Å². The van der Waals surface area contributed by atoms with E-state index in [1.807, 2.05) is 18.2 Å². The third-order valence-corrected chi connectivity index (χ3v) is 8.19. The van der Waals surface area contributed by atoms with Gasteiger partial charge in [-0.05, 0) is 54.3 Å². The average Bonchev–Trinajstić information content (AvgIpc) is 3.09. The van der Waals surface area contributed by atoms with Crippen molar-refractivity contribution in [2.24, 2.45) is 4.99 Å². The van der Waals surface area contributed by atoms with Gasteiger partial charge in [-0.15, -0.1) is 0 Å². The van der Waals surface area contributed by atoms with Crippen molar-refractivity contribution in [3.63, 3.8) is 0 Å². The molecule has 0 aliphatic rings. The highest BCUT2D eigenvalue weighted by Gasteiger charge is 2.16. The van der Waals surface area contributed by atoms with E-state index >= 15 is 0 Å². The average molecular weight is 509 g/mol. The second-order valence-electron chi connectivity index (χ2n) is 7.81. The topological polar surface area (TPSA) is 94.8 Å². The first-order valence-corrected chi connectivity index (χ1v) is 13.2. The van der Waals surface area contributed by atoms with E-state index in [-0.39, 0.29) is 30.0 Å². The maximum absolute atomic E-state index is 12.5. The number of sulfone groups is 1. The number of rotatable bonds is 8. The summed E-state index contributed by atoms with van der Waals surface area (Å²) in [6.45, 7) is 4.10. The van der Waals surface area contributed by atoms with Crippen LogP contribution in [-0.2, 0) is 30.7 Å². The van der Waals surface area contributed by atoms with Crippen molar-refractivity contribution in [1.82, 2.24) is 4.57 Å². The summed E-state index contributed by atoms with van der Waals surface area (Å²) >= 11 is 7.12. The molecule has 176 valence electrons. The van der Waals surface area contributed by atoms with E-state index in [9.17, 15) is 18.0 Å². The smallest absolute Gasteiger partial charge is 0.325 e. The zero-order valence-electron chi connectivity index (χ0n) is 18.6. The number of carbonyl (C=O) groups is 2. The molecule has 0 saturated carbocycles. The van der Waals surface area contributed by atoms with Crippen LogP contribution in [0.15, 0.2) is 52.4 Å². The van der Waals surface area contributed by atoms with Crippen molar-refractivity contribution in [2.45, 2.75) is 44.0 Å². The van der Waals surface area contributed by atoms with Gasteiger partial charge in [0.25, 0.3) is 0 Å². The van der Waals surface area contributed by atoms with Crippen molar-refractivity contribution in [3.8, 4) is 0 Å². The van der Waals surface area contributed by atoms with E-state index < -0.39 is 21.7 Å². The van der Waals surface area contributed by atoms with Gasteiger partial charge in [-0.2, -0.15) is 4.99 Å². The Balaban J connectivity index is 1.81. The Bertz CT molecular complexity index is 1340. The minimum atomic E-state index is -3.52. The van der Waals surface area contributed by atoms with E-state index in [0.29, 0.717) is 15.7 Å². The Labute approximate surface area is 201 Å². The number of fused-ring (bicyclic) bond motifs is 1. The Morgan fingerprint density at radius 2 is 1.85 bits per heavy atom. The Morgan fingerprint density at radius 3 is 2.48 bits per heavy atom. The van der Waals surface area contributed by atoms with E-state index in [4.69, 9.17) is 16.3 Å². The van der Waals surface area contributed by atoms with Crippen molar-refractivity contribution < 1.29 is 22.7 Å². The van der Waals surface area contributed by atoms with E-state index in [1.54, 1.807) is 4.57 Å². The lowest BCUT2D eigenvalue weighted by Gasteiger charge is -2.06. The maximum atomic E-state index is 12.5. The van der Waals surface area contributed by atoms with Crippen LogP contribution in [0.25, 0.3) is 10.2 Å². The summed E-state index contributed by atoms with van der Waals surface area (Å²) in [5.74, 6) is -0.751. The highest BCUT2D eigenvalue weighted by molar-refractivity contribution is 7.91. The summed E-state index contributed by atoms with van der Waals surface area (Å²) < 4.78 is 32.3. The normalized spacial score (nSPS) is 12.5. The molecule has 0 spiro atoms. The van der Waals surface area contributed by atoms with E-state index in [1.165, 1.54) is 42.7 Å². The lowest BCUT2D eigenvalue weighted by molar-refractivity contribution is -0.141. The first-order valence-electron chi connectivity index (χ1n) is 10.4. The van der Waals surface area contributed by atoms with Crippen LogP contribution in [0.1, 0.15) is 38.2 Å². The zero-order valence-corrected chi connectivity index (χ0v) is 21.0. The fourth-order valence-corrected chi connectivity index (χ4v) is 5.75. The number of thiazole rings is 1. The van der Waals surface area contributed by atoms with Gasteiger partial charge in [0.1, 0.15) is 6.54 Å². The predicted molar refractivity (Wildman–Crippen MR) is 129 cm³/mol. The van der Waals surface area contributed by atoms with Crippen molar-refractivity contribution in [1.29, 1.82) is 0 Å². The number of methoxy groups -OCH3 is 1. The minimum absolute atomic E-state index is 0.0312. The number of ether oxygens (including phenoxy) is 1. The fraction of sp³-hybridized carbons (Fsp3) is 0.348. The summed E-state index contributed by atoms with van der Waals surface area (Å²) in [4.78, 5) is 29.2. The molecule has 0 atom stereocenters. The van der Waals surface area contributed by atoms with Crippen LogP contribution in [-0.4, -0.2) is 37.7 Å². The number of carbonyl (C=O) groups excluding carboxylic acids is 2. The molecule has 3 rings (SSSR count). The SMILES string of the molecule is COC(=O)Cn1c(=NC(=O)CCCS(=O)(=O)c2ccc(Cl)cc2)sc2cc(C(C)C)ccc21. The quantitative estimate of drug-likeness (QED) is 0.422. The van der Waals surface area contributed by atoms with Gasteiger partial charge in [0.15, 0.2) is 14.6 Å². The van der Waals surface area contributed by atoms with E-state index in [0.717, 1.165) is 15.8 Å². The molecule has 0 aliphatic heterocycles. The first kappa shape index (κ1) is 25.1. The number of hydrogen-bond donors (Lipinski definition) is 0. The van der Waals surface area contributed by atoms with Crippen molar-refractivity contribution >= 4 is 54.9 Å². The standard InChI is InChI=1S/C23H25ClN2O5S2/c1-15(2)16-6-11-19-20(13-16)32-23(26(19)14-22(28)31-3)25-21(27)5-4-12-33(29,30)18-9-7-17(24)8-10-18/h6-11,13,15H,4-5,12,14H2,1-3H3. The van der Waals surface area contributed by atoms with Crippen molar-refractivity contribution in [3.05, 3.63) is 57.9 Å². The second-order valence-corrected chi connectivity index (χ2v) is 11.4. The Morgan fingerprint density at radius 1 is 1.15 bits per heavy atom. The molecule has 33 heavy (non-hydrogen) atoms. The molecule has 1 heterocycles. The van der Waals surface area contributed by atoms with Crippen LogP contribution in [0.2, 0.25) is 5.02 Å². The highest BCUT2D eigenvalue weighted by Crippen LogP contribution is 2.24. The van der Waals surface area contributed by atoms with Crippen LogP contribution in [0.5, 0.6) is 0 Å². The summed E-state index contributed by atoms with van der Waals surface area (Å²) in [5.41, 5.74) is 1.92. The number of benzene rings is 2. The molecule has 0 radical (unpaired) electrons. The van der Waals surface area contributed by atoms with Gasteiger partial charge in [0.2, 0.25) is 5.91 Å². The zero-order chi connectivity index (χ0) is 24.2. The molecule has 10 heteroatoms. The fourth-order valence-electron chi connectivity index (χ4n) is 3.22. The predicted octanol–water partition coefficient (Wildman–Crippen LogP) is 4.33. The summed E-state index contributed by atoms with van der Waals surface area (Å²) in [5, 5.41) is 0.451. The number of aromatic nitrogens is 1. The molecule has 0 saturated heterocycles. The molecular formula is C23H25ClN2O5S2. The van der Waals surface area contributed by atoms with Crippen LogP contribution in [0.3, 0.4) is 0 Å². The van der Waals surface area contributed by atoms with Crippen molar-refractivity contribution in [2.75, 3.05) is 12.9 Å². The number of nitrogens with zero attached hydrogens (tertiary/aromatic N) is 2. The van der Waals surface area contributed by atoms with E-state index in [2.05, 4.69) is 18.8 Å². The largest absolute Gasteiger partial charge is 0.468 e. The Kier molecular flexibility index (Phi) is 8.10. The Hall–Kier alpha value is -2.49. The second kappa shape index (κ2) is 10.6. The number of amides is 1. The maximum Gasteiger partial charge on any atom is 0.325 e. The van der Waals surface area contributed by atoms with Crippen LogP contribution in [0.4, 0.5) is 0 Å². The molecule has 1 aromatic heterocycles. The van der Waals surface area contributed by atoms with Gasteiger partial charge in [0.05, 0.1) is 28.0 Å². The van der Waals surface area contributed by atoms with Gasteiger partial charge in [-0.1, -0.05) is 42.9 Å². The molecule has 0 aliphatic carbocycles. The van der Waals surface area contributed by atoms with Crippen LogP contribution >= 0.6 is 22.9 Å². The van der Waals surface area contributed by atoms with Gasteiger partial charge in [-0.3, -0.25) is 9.59 Å². The lowest BCUT2D eigenvalue weighted by Crippen LogP contribution is -2.22. The first-order chi connectivity index (χ1) is 15.6. The summed E-state index contributed by atoms with van der Waals surface area (Å²) in [6, 6.07) is 11.8. The number of hydrogen-bond acceptors (Lipinski definition) is 6. The molecule has 3 aromatic rings. The van der Waals surface area contributed by atoms with Crippen LogP contribution in [0, 0.1) is 0 Å². The molecule has 7 nitrogen and oxygen atoms in total. The molecule has 0 fully saturated rings. The molecule has 0 N–H and O–H groups in total. The summed E-state index contributed by atoms with van der Waals surface area (Å²) in [7, 11) is -2.22. The van der Waals surface area contributed by atoms with Gasteiger partial charge in [-0.25, -0.2) is 8.42 Å². The third-order valence-electron chi connectivity index (χ3n) is 5.09. The molecule has 0 bridgehead atoms. The minimum Gasteiger partial charge on any atom is -0.468 e. The van der Waals surface area contributed by atoms with Crippen LogP contribution < -0.4 is 4.80 Å². The molecule has 0 unspecified atom stereocenters. The summed E-state index contributed by atoms with van der Waals surface area (Å²) in [6.07, 6.45) is 0.100. The molecule has 2 aromatic carbocycles. The lowest BCUT2D eigenvalue weighted by atomic mass is 10.0. The highest BCUT2D eigenvalue weighted by atomic mass is 35.5. The monoisotopic (exact) mass is 508 g/mol. The molecule has 1 amide bonds. The number of halogens is 1. The molecular weight excluding hydrogens is 484 g/mol.